The van der Waals surface area contributed by atoms with Crippen LogP contribution in [0.2, 0.25) is 5.02 Å². The molecule has 1 amide bonds. The van der Waals surface area contributed by atoms with E-state index >= 15 is 0 Å². The van der Waals surface area contributed by atoms with Crippen molar-refractivity contribution in [2.75, 3.05) is 33.4 Å². The number of halogens is 2. The van der Waals surface area contributed by atoms with Crippen LogP contribution in [0.25, 0.3) is 0 Å². The summed E-state index contributed by atoms with van der Waals surface area (Å²) >= 11 is 6.19. The van der Waals surface area contributed by atoms with E-state index in [2.05, 4.69) is 5.10 Å². The molecule has 0 saturated heterocycles. The topological polar surface area (TPSA) is 56.6 Å². The summed E-state index contributed by atoms with van der Waals surface area (Å²) in [7, 11) is 3.22. The van der Waals surface area contributed by atoms with E-state index < -0.39 is 5.82 Å². The van der Waals surface area contributed by atoms with Crippen LogP contribution in [0, 0.1) is 12.7 Å². The van der Waals surface area contributed by atoms with E-state index in [1.165, 1.54) is 16.8 Å². The van der Waals surface area contributed by atoms with Crippen molar-refractivity contribution in [1.29, 1.82) is 0 Å². The number of ether oxygens (including phenoxy) is 2. The van der Waals surface area contributed by atoms with Gasteiger partial charge in [-0.2, -0.15) is 5.10 Å². The lowest BCUT2D eigenvalue weighted by molar-refractivity contribution is 0.0654. The Hall–Kier alpha value is -2.12. The fourth-order valence-electron chi connectivity index (χ4n) is 2.36. The summed E-state index contributed by atoms with van der Waals surface area (Å²) in [6.07, 6.45) is 0. The molecule has 0 atom stereocenters. The van der Waals surface area contributed by atoms with Crippen LogP contribution in [0.1, 0.15) is 16.2 Å². The smallest absolute Gasteiger partial charge is 0.273 e. The number of rotatable bonds is 8. The normalized spacial score (nSPS) is 10.8. The van der Waals surface area contributed by atoms with E-state index in [-0.39, 0.29) is 24.8 Å². The van der Waals surface area contributed by atoms with Gasteiger partial charge in [-0.1, -0.05) is 23.7 Å². The van der Waals surface area contributed by atoms with Crippen molar-refractivity contribution in [3.05, 3.63) is 46.5 Å². The molecule has 0 unspecified atom stereocenters. The summed E-state index contributed by atoms with van der Waals surface area (Å²) in [5, 5.41) is 4.48. The summed E-state index contributed by atoms with van der Waals surface area (Å²) in [5.41, 5.74) is 0.892. The van der Waals surface area contributed by atoms with Gasteiger partial charge in [-0.3, -0.25) is 9.48 Å². The molecule has 136 valence electrons. The van der Waals surface area contributed by atoms with Gasteiger partial charge in [-0.15, -0.1) is 0 Å². The zero-order valence-corrected chi connectivity index (χ0v) is 15.2. The van der Waals surface area contributed by atoms with Crippen molar-refractivity contribution < 1.29 is 18.7 Å². The first-order valence-electron chi connectivity index (χ1n) is 7.80. The lowest BCUT2D eigenvalue weighted by Crippen LogP contribution is -2.38. The lowest BCUT2D eigenvalue weighted by atomic mass is 10.3. The highest BCUT2D eigenvalue weighted by atomic mass is 35.5. The number of carbonyl (C=O) groups is 1. The average molecular weight is 370 g/mol. The number of aromatic nitrogens is 2. The standard InChI is InChI=1S/C17H21ClFN3O3/c1-12-15(18)16(21(2)20-12)17(23)22(8-10-24-3)9-11-25-14-7-5-4-6-13(14)19/h4-7H,8-11H2,1-3H3. The van der Waals surface area contributed by atoms with E-state index in [0.29, 0.717) is 29.6 Å². The molecule has 0 N–H and O–H groups in total. The number of benzene rings is 1. The molecule has 25 heavy (non-hydrogen) atoms. The van der Waals surface area contributed by atoms with E-state index in [1.54, 1.807) is 38.1 Å². The molecule has 2 aromatic rings. The zero-order valence-electron chi connectivity index (χ0n) is 14.5. The number of amides is 1. The van der Waals surface area contributed by atoms with Crippen LogP contribution in [-0.4, -0.2) is 54.0 Å². The molecular formula is C17H21ClFN3O3. The molecule has 0 aliphatic heterocycles. The molecule has 6 nitrogen and oxygen atoms in total. The summed E-state index contributed by atoms with van der Waals surface area (Å²) in [6.45, 7) is 2.86. The maximum atomic E-state index is 13.6. The molecule has 1 heterocycles. The first kappa shape index (κ1) is 19.2. The van der Waals surface area contributed by atoms with Crippen molar-refractivity contribution in [1.82, 2.24) is 14.7 Å². The van der Waals surface area contributed by atoms with Crippen LogP contribution in [0.4, 0.5) is 4.39 Å². The van der Waals surface area contributed by atoms with Gasteiger partial charge in [-0.25, -0.2) is 4.39 Å². The fraction of sp³-hybridized carbons (Fsp3) is 0.412. The summed E-state index contributed by atoms with van der Waals surface area (Å²) in [5.74, 6) is -0.569. The van der Waals surface area contributed by atoms with Crippen LogP contribution in [0.15, 0.2) is 24.3 Å². The first-order chi connectivity index (χ1) is 12.0. The van der Waals surface area contributed by atoms with Gasteiger partial charge in [0.25, 0.3) is 5.91 Å². The number of para-hydroxylation sites is 1. The van der Waals surface area contributed by atoms with E-state index in [0.717, 1.165) is 0 Å². The van der Waals surface area contributed by atoms with Crippen molar-refractivity contribution >= 4 is 17.5 Å². The lowest BCUT2D eigenvalue weighted by Gasteiger charge is -2.22. The third kappa shape index (κ3) is 4.70. The maximum Gasteiger partial charge on any atom is 0.273 e. The van der Waals surface area contributed by atoms with Crippen LogP contribution < -0.4 is 4.74 Å². The molecule has 0 bridgehead atoms. The second-order valence-corrected chi connectivity index (χ2v) is 5.81. The Balaban J connectivity index is 2.07. The van der Waals surface area contributed by atoms with Gasteiger partial charge in [0, 0.05) is 20.7 Å². The summed E-state index contributed by atoms with van der Waals surface area (Å²) in [6, 6.07) is 6.13. The third-order valence-corrected chi connectivity index (χ3v) is 4.11. The van der Waals surface area contributed by atoms with Gasteiger partial charge in [0.05, 0.1) is 23.9 Å². The Morgan fingerprint density at radius 1 is 1.32 bits per heavy atom. The Morgan fingerprint density at radius 2 is 2.00 bits per heavy atom. The predicted molar refractivity (Wildman–Crippen MR) is 92.6 cm³/mol. The maximum absolute atomic E-state index is 13.6. The second kappa shape index (κ2) is 8.82. The molecule has 0 spiro atoms. The second-order valence-electron chi connectivity index (χ2n) is 5.44. The number of hydrogen-bond donors (Lipinski definition) is 0. The fourth-order valence-corrected chi connectivity index (χ4v) is 2.60. The van der Waals surface area contributed by atoms with Gasteiger partial charge < -0.3 is 14.4 Å². The first-order valence-corrected chi connectivity index (χ1v) is 8.18. The number of aryl methyl sites for hydroxylation is 2. The number of hydrogen-bond acceptors (Lipinski definition) is 4. The highest BCUT2D eigenvalue weighted by Gasteiger charge is 2.24. The van der Waals surface area contributed by atoms with Crippen LogP contribution in [-0.2, 0) is 11.8 Å². The van der Waals surface area contributed by atoms with E-state index in [1.807, 2.05) is 0 Å². The molecule has 1 aromatic heterocycles. The quantitative estimate of drug-likeness (QED) is 0.718. The molecule has 0 saturated carbocycles. The molecule has 1 aromatic carbocycles. The summed E-state index contributed by atoms with van der Waals surface area (Å²) in [4.78, 5) is 14.4. The Bertz CT molecular complexity index is 736. The molecule has 0 aliphatic rings. The monoisotopic (exact) mass is 369 g/mol. The Kier molecular flexibility index (Phi) is 6.78. The average Bonchev–Trinajstić information content (AvgIpc) is 2.84. The van der Waals surface area contributed by atoms with Gasteiger partial charge in [0.1, 0.15) is 12.3 Å². The minimum absolute atomic E-state index is 0.144. The number of carbonyl (C=O) groups excluding carboxylic acids is 1. The zero-order chi connectivity index (χ0) is 18.4. The highest BCUT2D eigenvalue weighted by Crippen LogP contribution is 2.21. The largest absolute Gasteiger partial charge is 0.489 e. The summed E-state index contributed by atoms with van der Waals surface area (Å²) < 4.78 is 25.5. The Labute approximate surface area is 151 Å². The van der Waals surface area contributed by atoms with Gasteiger partial charge in [-0.05, 0) is 19.1 Å². The van der Waals surface area contributed by atoms with E-state index in [4.69, 9.17) is 21.1 Å². The molecule has 2 rings (SSSR count). The van der Waals surface area contributed by atoms with Crippen LogP contribution >= 0.6 is 11.6 Å². The van der Waals surface area contributed by atoms with Gasteiger partial charge in [0.15, 0.2) is 11.6 Å². The highest BCUT2D eigenvalue weighted by molar-refractivity contribution is 6.34. The van der Waals surface area contributed by atoms with Crippen molar-refractivity contribution in [2.45, 2.75) is 6.92 Å². The Morgan fingerprint density at radius 3 is 2.60 bits per heavy atom. The third-order valence-electron chi connectivity index (χ3n) is 3.66. The SMILES string of the molecule is COCCN(CCOc1ccccc1F)C(=O)c1c(Cl)c(C)nn1C. The number of methoxy groups -OCH3 is 1. The molecule has 0 aliphatic carbocycles. The molecule has 0 fully saturated rings. The van der Waals surface area contributed by atoms with Crippen molar-refractivity contribution in [3.63, 3.8) is 0 Å². The predicted octanol–water partition coefficient (Wildman–Crippen LogP) is 2.69. The molecular weight excluding hydrogens is 349 g/mol. The minimum atomic E-state index is -0.442. The van der Waals surface area contributed by atoms with Crippen LogP contribution in [0.3, 0.4) is 0 Å². The van der Waals surface area contributed by atoms with Gasteiger partial charge in [0.2, 0.25) is 0 Å². The van der Waals surface area contributed by atoms with Gasteiger partial charge >= 0.3 is 0 Å². The molecule has 8 heteroatoms. The van der Waals surface area contributed by atoms with Crippen molar-refractivity contribution in [3.8, 4) is 5.75 Å². The minimum Gasteiger partial charge on any atom is -0.489 e. The number of nitrogens with zero attached hydrogens (tertiary/aromatic N) is 3. The van der Waals surface area contributed by atoms with Crippen molar-refractivity contribution in [2.24, 2.45) is 7.05 Å². The van der Waals surface area contributed by atoms with E-state index in [9.17, 15) is 9.18 Å². The van der Waals surface area contributed by atoms with Crippen LogP contribution in [0.5, 0.6) is 5.75 Å². The molecule has 0 radical (unpaired) electrons.